The van der Waals surface area contributed by atoms with E-state index in [9.17, 15) is 14.3 Å². The van der Waals surface area contributed by atoms with Gasteiger partial charge in [0.1, 0.15) is 17.2 Å². The number of amides is 1. The van der Waals surface area contributed by atoms with Gasteiger partial charge in [0.15, 0.2) is 0 Å². The van der Waals surface area contributed by atoms with Crippen LogP contribution >= 0.6 is 11.6 Å². The summed E-state index contributed by atoms with van der Waals surface area (Å²) in [5.74, 6) is -0.379. The zero-order chi connectivity index (χ0) is 19.6. The molecule has 0 bridgehead atoms. The number of anilines is 1. The lowest BCUT2D eigenvalue weighted by Crippen LogP contribution is -2.25. The Kier molecular flexibility index (Phi) is 8.16. The maximum atomic E-state index is 12.9. The van der Waals surface area contributed by atoms with Crippen LogP contribution < -0.4 is 10.6 Å². The monoisotopic (exact) mass is 392 g/mol. The van der Waals surface area contributed by atoms with Crippen molar-refractivity contribution < 1.29 is 14.3 Å². The number of nitrogens with one attached hydrogen (secondary N) is 2. The predicted molar refractivity (Wildman–Crippen MR) is 103 cm³/mol. The summed E-state index contributed by atoms with van der Waals surface area (Å²) in [6.45, 7) is 4.35. The van der Waals surface area contributed by atoms with Gasteiger partial charge >= 0.3 is 0 Å². The zero-order valence-corrected chi connectivity index (χ0v) is 15.5. The first kappa shape index (κ1) is 20.8. The molecule has 27 heavy (non-hydrogen) atoms. The van der Waals surface area contributed by atoms with Gasteiger partial charge in [0.25, 0.3) is 5.91 Å². The molecule has 0 radical (unpaired) electrons. The highest BCUT2D eigenvalue weighted by Crippen LogP contribution is 2.15. The molecule has 0 spiro atoms. The smallest absolute Gasteiger partial charge is 0.256 e. The van der Waals surface area contributed by atoms with Crippen LogP contribution in [0.3, 0.4) is 0 Å². The molecule has 6 nitrogen and oxygen atoms in total. The summed E-state index contributed by atoms with van der Waals surface area (Å²) in [5, 5.41) is 15.5. The predicted octanol–water partition coefficient (Wildman–Crippen LogP) is 3.33. The summed E-state index contributed by atoms with van der Waals surface area (Å²) in [6, 6.07) is 5.87. The maximum absolute atomic E-state index is 12.9. The molecule has 8 heteroatoms. The molecule has 2 rings (SSSR count). The van der Waals surface area contributed by atoms with Crippen LogP contribution in [0.25, 0.3) is 0 Å². The molecule has 0 fully saturated rings. The zero-order valence-electron chi connectivity index (χ0n) is 14.8. The number of carbonyl (C=O) groups is 1. The molecule has 1 aromatic heterocycles. The van der Waals surface area contributed by atoms with Crippen molar-refractivity contribution >= 4 is 23.3 Å². The Balaban J connectivity index is 1.93. The second-order valence-electron chi connectivity index (χ2n) is 5.96. The molecule has 1 amide bonds. The normalized spacial score (nSPS) is 11.7. The van der Waals surface area contributed by atoms with Crippen molar-refractivity contribution in [2.75, 3.05) is 11.9 Å². The molecule has 0 aliphatic heterocycles. The Hall–Kier alpha value is -2.51. The van der Waals surface area contributed by atoms with E-state index in [0.717, 1.165) is 5.56 Å². The Morgan fingerprint density at radius 2 is 2.11 bits per heavy atom. The minimum atomic E-state index is -0.434. The third-order valence-corrected chi connectivity index (χ3v) is 4.00. The van der Waals surface area contributed by atoms with E-state index in [0.29, 0.717) is 31.6 Å². The summed E-state index contributed by atoms with van der Waals surface area (Å²) >= 11 is 5.83. The number of hydrogen-bond donors (Lipinski definition) is 3. The lowest BCUT2D eigenvalue weighted by atomic mass is 10.1. The first-order valence-electron chi connectivity index (χ1n) is 8.57. The molecule has 0 aliphatic rings. The van der Waals surface area contributed by atoms with Gasteiger partial charge in [-0.3, -0.25) is 4.79 Å². The first-order chi connectivity index (χ1) is 13.0. The van der Waals surface area contributed by atoms with Crippen molar-refractivity contribution in [3.8, 4) is 0 Å². The Morgan fingerprint density at radius 1 is 1.37 bits per heavy atom. The molecular weight excluding hydrogens is 371 g/mol. The van der Waals surface area contributed by atoms with E-state index in [4.69, 9.17) is 11.6 Å². The number of hydrogen-bond acceptors (Lipinski definition) is 5. The quantitative estimate of drug-likeness (QED) is 0.328. The Bertz CT molecular complexity index is 771. The van der Waals surface area contributed by atoms with Crippen LogP contribution in [0, 0.1) is 5.82 Å². The van der Waals surface area contributed by atoms with Crippen LogP contribution in [0.1, 0.15) is 35.2 Å². The van der Waals surface area contributed by atoms with Crippen molar-refractivity contribution in [2.24, 2.45) is 0 Å². The molecule has 0 saturated heterocycles. The Morgan fingerprint density at radius 3 is 2.81 bits per heavy atom. The summed E-state index contributed by atoms with van der Waals surface area (Å²) < 4.78 is 12.9. The fourth-order valence-corrected chi connectivity index (χ4v) is 2.53. The molecule has 1 heterocycles. The highest BCUT2D eigenvalue weighted by atomic mass is 35.5. The number of carbonyl (C=O) groups excluding carboxylic acids is 1. The largest absolute Gasteiger partial charge is 0.393 e. The maximum Gasteiger partial charge on any atom is 0.256 e. The summed E-state index contributed by atoms with van der Waals surface area (Å²) in [6.07, 6.45) is 4.42. The van der Waals surface area contributed by atoms with Crippen LogP contribution in [0.2, 0.25) is 5.28 Å². The first-order valence-corrected chi connectivity index (χ1v) is 8.95. The lowest BCUT2D eigenvalue weighted by Gasteiger charge is -2.12. The number of aromatic nitrogens is 2. The standard InChI is InChI=1S/C19H22ClFN4O2/c1-2-4-15(26)5-3-10-22-17-16(12-24-19(20)25-17)18(27)23-11-13-6-8-14(21)9-7-13/h2,6-9,12,15,26H,1,3-5,10-11H2,(H,23,27)(H,22,24,25). The van der Waals surface area contributed by atoms with Gasteiger partial charge in [-0.05, 0) is 48.6 Å². The van der Waals surface area contributed by atoms with Gasteiger partial charge in [-0.25, -0.2) is 9.37 Å². The average molecular weight is 393 g/mol. The number of aliphatic hydroxyl groups excluding tert-OH is 1. The number of rotatable bonds is 10. The summed E-state index contributed by atoms with van der Waals surface area (Å²) in [7, 11) is 0. The van der Waals surface area contributed by atoms with Crippen LogP contribution in [0.15, 0.2) is 43.1 Å². The van der Waals surface area contributed by atoms with Gasteiger partial charge in [0.2, 0.25) is 5.28 Å². The highest BCUT2D eigenvalue weighted by Gasteiger charge is 2.14. The van der Waals surface area contributed by atoms with E-state index in [1.807, 2.05) is 0 Å². The highest BCUT2D eigenvalue weighted by molar-refractivity contribution is 6.28. The van der Waals surface area contributed by atoms with E-state index in [1.165, 1.54) is 18.3 Å². The number of aliphatic hydroxyl groups is 1. The fraction of sp³-hybridized carbons (Fsp3) is 0.316. The van der Waals surface area contributed by atoms with Crippen molar-refractivity contribution in [3.05, 3.63) is 65.3 Å². The SMILES string of the molecule is C=CCC(O)CCCNc1nc(Cl)ncc1C(=O)NCc1ccc(F)cc1. The lowest BCUT2D eigenvalue weighted by molar-refractivity contribution is 0.0951. The van der Waals surface area contributed by atoms with Crippen LogP contribution in [-0.2, 0) is 6.54 Å². The van der Waals surface area contributed by atoms with Gasteiger partial charge in [-0.15, -0.1) is 6.58 Å². The number of benzene rings is 1. The average Bonchev–Trinajstić information content (AvgIpc) is 2.65. The topological polar surface area (TPSA) is 87.1 Å². The number of halogens is 2. The third kappa shape index (κ3) is 6.96. The molecule has 0 aliphatic carbocycles. The molecule has 2 aromatic rings. The van der Waals surface area contributed by atoms with E-state index in [1.54, 1.807) is 18.2 Å². The molecule has 144 valence electrons. The van der Waals surface area contributed by atoms with Gasteiger partial charge in [0, 0.05) is 19.3 Å². The fourth-order valence-electron chi connectivity index (χ4n) is 2.40. The van der Waals surface area contributed by atoms with Crippen molar-refractivity contribution in [1.29, 1.82) is 0 Å². The summed E-state index contributed by atoms with van der Waals surface area (Å²) in [4.78, 5) is 20.4. The van der Waals surface area contributed by atoms with E-state index >= 15 is 0 Å². The second kappa shape index (κ2) is 10.6. The van der Waals surface area contributed by atoms with Crippen molar-refractivity contribution in [3.63, 3.8) is 0 Å². The third-order valence-electron chi connectivity index (χ3n) is 3.82. The van der Waals surface area contributed by atoms with Gasteiger partial charge in [-0.2, -0.15) is 4.98 Å². The van der Waals surface area contributed by atoms with Crippen molar-refractivity contribution in [2.45, 2.75) is 31.9 Å². The second-order valence-corrected chi connectivity index (χ2v) is 6.30. The van der Waals surface area contributed by atoms with Crippen LogP contribution in [-0.4, -0.2) is 33.6 Å². The molecule has 3 N–H and O–H groups in total. The van der Waals surface area contributed by atoms with Gasteiger partial charge in [-0.1, -0.05) is 18.2 Å². The van der Waals surface area contributed by atoms with Crippen molar-refractivity contribution in [1.82, 2.24) is 15.3 Å². The molecule has 1 atom stereocenters. The van der Waals surface area contributed by atoms with E-state index in [2.05, 4.69) is 27.2 Å². The molecule has 0 saturated carbocycles. The minimum absolute atomic E-state index is 0.0271. The minimum Gasteiger partial charge on any atom is -0.393 e. The summed E-state index contributed by atoms with van der Waals surface area (Å²) in [5.41, 5.74) is 1.03. The molecule has 1 aromatic carbocycles. The Labute approximate surface area is 162 Å². The van der Waals surface area contributed by atoms with Crippen LogP contribution in [0.4, 0.5) is 10.2 Å². The van der Waals surface area contributed by atoms with E-state index < -0.39 is 6.10 Å². The van der Waals surface area contributed by atoms with E-state index in [-0.39, 0.29) is 29.1 Å². The van der Waals surface area contributed by atoms with Crippen LogP contribution in [0.5, 0.6) is 0 Å². The molecule has 1 unspecified atom stereocenters. The van der Waals surface area contributed by atoms with Gasteiger partial charge in [0.05, 0.1) is 6.10 Å². The molecular formula is C19H22ClFN4O2. The number of nitrogens with zero attached hydrogens (tertiary/aromatic N) is 2. The van der Waals surface area contributed by atoms with Gasteiger partial charge < -0.3 is 15.7 Å².